The molecule has 1 aromatic carbocycles. The van der Waals surface area contributed by atoms with Crippen molar-refractivity contribution in [2.75, 3.05) is 6.61 Å². The van der Waals surface area contributed by atoms with Crippen molar-refractivity contribution in [3.05, 3.63) is 33.3 Å². The van der Waals surface area contributed by atoms with Gasteiger partial charge in [0, 0.05) is 20.9 Å². The first-order valence-electron chi connectivity index (χ1n) is 6.93. The fourth-order valence-electron chi connectivity index (χ4n) is 1.70. The molecule has 1 rings (SSSR count). The van der Waals surface area contributed by atoms with Gasteiger partial charge < -0.3 is 9.29 Å². The summed E-state index contributed by atoms with van der Waals surface area (Å²) in [5.74, 6) is -0.345. The number of halogens is 2. The molecule has 1 N–H and O–H groups in total. The lowest BCUT2D eigenvalue weighted by Gasteiger charge is -2.28. The Bertz CT molecular complexity index is 502. The van der Waals surface area contributed by atoms with Crippen LogP contribution in [-0.2, 0) is 20.9 Å². The third kappa shape index (κ3) is 6.46. The lowest BCUT2D eigenvalue weighted by Crippen LogP contribution is -2.42. The molecule has 124 valence electrons. The zero-order chi connectivity index (χ0) is 16.9. The second kappa shape index (κ2) is 8.55. The molecule has 1 aromatic rings. The van der Waals surface area contributed by atoms with Crippen LogP contribution < -0.4 is 4.72 Å². The quantitative estimate of drug-likeness (QED) is 0.565. The SMILES string of the molecule is CCOC(=O)C[C@H](N[S+]([O-])C(C)(C)C)c1cc(Cl)cc(Br)c1. The Morgan fingerprint density at radius 2 is 2.09 bits per heavy atom. The van der Waals surface area contributed by atoms with Gasteiger partial charge in [0.2, 0.25) is 0 Å². The van der Waals surface area contributed by atoms with E-state index in [2.05, 4.69) is 20.7 Å². The summed E-state index contributed by atoms with van der Waals surface area (Å²) in [5.41, 5.74) is 0.782. The van der Waals surface area contributed by atoms with Gasteiger partial charge in [-0.15, -0.1) is 4.72 Å². The van der Waals surface area contributed by atoms with E-state index in [-0.39, 0.29) is 12.4 Å². The molecule has 0 radical (unpaired) electrons. The van der Waals surface area contributed by atoms with Crippen molar-refractivity contribution in [1.29, 1.82) is 0 Å². The lowest BCUT2D eigenvalue weighted by molar-refractivity contribution is -0.143. The van der Waals surface area contributed by atoms with E-state index in [1.54, 1.807) is 19.1 Å². The highest BCUT2D eigenvalue weighted by Gasteiger charge is 2.31. The molecule has 0 spiro atoms. The number of benzene rings is 1. The summed E-state index contributed by atoms with van der Waals surface area (Å²) in [6, 6.07) is 4.92. The van der Waals surface area contributed by atoms with Crippen LogP contribution in [0.5, 0.6) is 0 Å². The highest BCUT2D eigenvalue weighted by molar-refractivity contribution is 9.10. The second-order valence-corrected chi connectivity index (χ2v) is 9.11. The first kappa shape index (κ1) is 19.8. The summed E-state index contributed by atoms with van der Waals surface area (Å²) in [6.07, 6.45) is 0.0858. The standard InChI is InChI=1S/C15H21BrClNO3S/c1-5-21-14(19)9-13(18-22(20)15(2,3)4)10-6-11(16)8-12(17)7-10/h6-8,13,18H,5,9H2,1-4H3/t13-,22?/m0/s1. The predicted octanol–water partition coefficient (Wildman–Crippen LogP) is 4.15. The molecule has 0 heterocycles. The normalized spacial score (nSPS) is 14.5. The number of esters is 1. The Labute approximate surface area is 148 Å². The third-order valence-electron chi connectivity index (χ3n) is 2.77. The molecule has 0 aliphatic rings. The summed E-state index contributed by atoms with van der Waals surface area (Å²) < 4.78 is 20.7. The van der Waals surface area contributed by atoms with Crippen molar-refractivity contribution in [3.63, 3.8) is 0 Å². The van der Waals surface area contributed by atoms with Gasteiger partial charge in [0.1, 0.15) is 4.75 Å². The molecule has 0 saturated carbocycles. The summed E-state index contributed by atoms with van der Waals surface area (Å²) in [5, 5.41) is 0.543. The van der Waals surface area contributed by atoms with Crippen molar-refractivity contribution in [2.45, 2.75) is 44.9 Å². The van der Waals surface area contributed by atoms with Gasteiger partial charge in [0.15, 0.2) is 0 Å². The van der Waals surface area contributed by atoms with E-state index in [0.717, 1.165) is 10.0 Å². The molecule has 0 aliphatic heterocycles. The first-order valence-corrected chi connectivity index (χ1v) is 9.25. The highest BCUT2D eigenvalue weighted by atomic mass is 79.9. The topological polar surface area (TPSA) is 61.4 Å². The molecular weight excluding hydrogens is 390 g/mol. The number of carbonyl (C=O) groups is 1. The highest BCUT2D eigenvalue weighted by Crippen LogP contribution is 2.28. The van der Waals surface area contributed by atoms with E-state index >= 15 is 0 Å². The van der Waals surface area contributed by atoms with E-state index in [9.17, 15) is 9.35 Å². The zero-order valence-electron chi connectivity index (χ0n) is 13.1. The molecule has 7 heteroatoms. The Balaban J connectivity index is 3.02. The smallest absolute Gasteiger partial charge is 0.307 e. The van der Waals surface area contributed by atoms with Gasteiger partial charge in [-0.3, -0.25) is 4.79 Å². The van der Waals surface area contributed by atoms with Crippen LogP contribution in [0.1, 0.15) is 45.7 Å². The van der Waals surface area contributed by atoms with Gasteiger partial charge in [-0.25, -0.2) is 0 Å². The third-order valence-corrected chi connectivity index (χ3v) is 5.06. The Morgan fingerprint density at radius 3 is 2.59 bits per heavy atom. The van der Waals surface area contributed by atoms with Gasteiger partial charge in [0.05, 0.1) is 19.1 Å². The van der Waals surface area contributed by atoms with Crippen LogP contribution in [0.3, 0.4) is 0 Å². The number of hydrogen-bond donors (Lipinski definition) is 1. The minimum Gasteiger partial charge on any atom is -0.598 e. The van der Waals surface area contributed by atoms with E-state index in [4.69, 9.17) is 16.3 Å². The summed E-state index contributed by atoms with van der Waals surface area (Å²) in [7, 11) is 0. The van der Waals surface area contributed by atoms with Gasteiger partial charge >= 0.3 is 5.97 Å². The largest absolute Gasteiger partial charge is 0.598 e. The van der Waals surface area contributed by atoms with Crippen LogP contribution in [0.15, 0.2) is 22.7 Å². The molecule has 0 amide bonds. The van der Waals surface area contributed by atoms with Crippen LogP contribution >= 0.6 is 27.5 Å². The van der Waals surface area contributed by atoms with Crippen LogP contribution in [0.4, 0.5) is 0 Å². The molecule has 0 bridgehead atoms. The van der Waals surface area contributed by atoms with E-state index < -0.39 is 22.2 Å². The van der Waals surface area contributed by atoms with Crippen LogP contribution in [-0.4, -0.2) is 21.9 Å². The number of hydrogen-bond acceptors (Lipinski definition) is 4. The average molecular weight is 411 g/mol. The van der Waals surface area contributed by atoms with Crippen molar-refractivity contribution >= 4 is 44.9 Å². The van der Waals surface area contributed by atoms with Crippen molar-refractivity contribution in [3.8, 4) is 0 Å². The number of ether oxygens (including phenoxy) is 1. The lowest BCUT2D eigenvalue weighted by atomic mass is 10.1. The van der Waals surface area contributed by atoms with Crippen LogP contribution in [0.2, 0.25) is 5.02 Å². The van der Waals surface area contributed by atoms with E-state index in [0.29, 0.717) is 11.6 Å². The summed E-state index contributed by atoms with van der Waals surface area (Å²) >= 11 is 8.13. The molecule has 22 heavy (non-hydrogen) atoms. The maximum absolute atomic E-state index is 12.4. The van der Waals surface area contributed by atoms with Gasteiger partial charge in [-0.1, -0.05) is 27.5 Å². The predicted molar refractivity (Wildman–Crippen MR) is 94.2 cm³/mol. The average Bonchev–Trinajstić information content (AvgIpc) is 2.35. The van der Waals surface area contributed by atoms with Crippen LogP contribution in [0.25, 0.3) is 0 Å². The van der Waals surface area contributed by atoms with E-state index in [1.165, 1.54) is 0 Å². The Kier molecular flexibility index (Phi) is 7.68. The molecule has 0 aliphatic carbocycles. The second-order valence-electron chi connectivity index (χ2n) is 5.76. The zero-order valence-corrected chi connectivity index (χ0v) is 16.3. The minimum atomic E-state index is -1.32. The van der Waals surface area contributed by atoms with Gasteiger partial charge in [-0.2, -0.15) is 0 Å². The van der Waals surface area contributed by atoms with E-state index in [1.807, 2.05) is 26.8 Å². The monoisotopic (exact) mass is 409 g/mol. The summed E-state index contributed by atoms with van der Waals surface area (Å²) in [4.78, 5) is 11.8. The fourth-order valence-corrected chi connectivity index (χ4v) is 3.41. The maximum Gasteiger partial charge on any atom is 0.307 e. The minimum absolute atomic E-state index is 0.0858. The number of nitrogens with one attached hydrogen (secondary N) is 1. The Morgan fingerprint density at radius 1 is 1.45 bits per heavy atom. The molecule has 1 unspecified atom stereocenters. The Hall–Kier alpha value is -0.270. The van der Waals surface area contributed by atoms with Gasteiger partial charge in [0.25, 0.3) is 0 Å². The first-order chi connectivity index (χ1) is 10.1. The van der Waals surface area contributed by atoms with Crippen molar-refractivity contribution < 1.29 is 14.1 Å². The molecule has 0 fully saturated rings. The molecule has 4 nitrogen and oxygen atoms in total. The summed E-state index contributed by atoms with van der Waals surface area (Å²) in [6.45, 7) is 7.67. The molecule has 0 aromatic heterocycles. The van der Waals surface area contributed by atoms with Gasteiger partial charge in [-0.05, 0) is 51.5 Å². The molecular formula is C15H21BrClNO3S. The maximum atomic E-state index is 12.4. The number of rotatable bonds is 6. The molecule has 0 saturated heterocycles. The fraction of sp³-hybridized carbons (Fsp3) is 0.533. The van der Waals surface area contributed by atoms with Crippen molar-refractivity contribution in [2.24, 2.45) is 0 Å². The molecule has 2 atom stereocenters. The van der Waals surface area contributed by atoms with Crippen LogP contribution in [0, 0.1) is 0 Å². The van der Waals surface area contributed by atoms with Crippen molar-refractivity contribution in [1.82, 2.24) is 4.72 Å². The number of carbonyl (C=O) groups excluding carboxylic acids is 1.